The maximum atomic E-state index is 11.3. The van der Waals surface area contributed by atoms with E-state index in [1.807, 2.05) is 31.2 Å². The topological polar surface area (TPSA) is 69.9 Å². The minimum absolute atomic E-state index is 0.0348. The van der Waals surface area contributed by atoms with E-state index in [2.05, 4.69) is 15.4 Å². The predicted molar refractivity (Wildman–Crippen MR) is 59.8 cm³/mol. The molecule has 0 saturated heterocycles. The molecule has 0 radical (unpaired) electrons. The molecule has 0 aliphatic rings. The summed E-state index contributed by atoms with van der Waals surface area (Å²) >= 11 is 0. The first kappa shape index (κ1) is 11.3. The molecule has 0 unspecified atom stereocenters. The van der Waals surface area contributed by atoms with Crippen LogP contribution < -0.4 is 0 Å². The van der Waals surface area contributed by atoms with Gasteiger partial charge in [0.25, 0.3) is 5.82 Å². The van der Waals surface area contributed by atoms with Crippen LogP contribution in [0.3, 0.4) is 0 Å². The highest BCUT2D eigenvalue weighted by Gasteiger charge is 2.14. The fraction of sp³-hybridized carbons (Fsp3) is 0.273. The quantitative estimate of drug-likeness (QED) is 0.742. The van der Waals surface area contributed by atoms with Crippen LogP contribution >= 0.6 is 0 Å². The van der Waals surface area contributed by atoms with Crippen molar-refractivity contribution in [2.24, 2.45) is 0 Å². The molecule has 0 saturated carbocycles. The van der Waals surface area contributed by atoms with Crippen LogP contribution in [0, 0.1) is 6.92 Å². The Morgan fingerprint density at radius 3 is 2.71 bits per heavy atom. The number of carbonyl (C=O) groups is 1. The van der Waals surface area contributed by atoms with Crippen molar-refractivity contribution >= 4 is 5.97 Å². The maximum Gasteiger partial charge on any atom is 0.380 e. The summed E-state index contributed by atoms with van der Waals surface area (Å²) in [6, 6.07) is 7.57. The van der Waals surface area contributed by atoms with Gasteiger partial charge in [-0.1, -0.05) is 17.7 Å². The number of aryl methyl sites for hydroxylation is 1. The molecule has 0 spiro atoms. The lowest BCUT2D eigenvalue weighted by atomic mass is 10.2. The first-order chi connectivity index (χ1) is 8.20. The van der Waals surface area contributed by atoms with E-state index in [0.717, 1.165) is 11.3 Å². The van der Waals surface area contributed by atoms with Crippen molar-refractivity contribution in [1.29, 1.82) is 0 Å². The Morgan fingerprint density at radius 2 is 2.06 bits per heavy atom. The third-order valence-electron chi connectivity index (χ3n) is 2.14. The summed E-state index contributed by atoms with van der Waals surface area (Å²) in [7, 11) is 0. The van der Waals surface area contributed by atoms with Gasteiger partial charge in [-0.3, -0.25) is 0 Å². The standard InChI is InChI=1S/C11H12N4O2/c1-3-17-11(16)10-12-14-15(13-10)9-6-4-8(2)5-7-9/h4-7H,3H2,1-2H3. The summed E-state index contributed by atoms with van der Waals surface area (Å²) in [5, 5.41) is 11.4. The molecular weight excluding hydrogens is 220 g/mol. The molecule has 0 amide bonds. The number of benzene rings is 1. The monoisotopic (exact) mass is 232 g/mol. The van der Waals surface area contributed by atoms with Gasteiger partial charge in [0.05, 0.1) is 12.3 Å². The van der Waals surface area contributed by atoms with Crippen LogP contribution in [-0.4, -0.2) is 32.8 Å². The van der Waals surface area contributed by atoms with E-state index >= 15 is 0 Å². The number of ether oxygens (including phenoxy) is 1. The molecule has 1 aromatic carbocycles. The summed E-state index contributed by atoms with van der Waals surface area (Å²) in [5.41, 5.74) is 1.89. The molecule has 1 heterocycles. The molecule has 17 heavy (non-hydrogen) atoms. The highest BCUT2D eigenvalue weighted by molar-refractivity contribution is 5.84. The van der Waals surface area contributed by atoms with E-state index in [-0.39, 0.29) is 12.4 Å². The molecule has 0 aliphatic carbocycles. The summed E-state index contributed by atoms with van der Waals surface area (Å²) in [5.74, 6) is -0.599. The predicted octanol–water partition coefficient (Wildman–Crippen LogP) is 1.15. The molecule has 1 aromatic heterocycles. The Labute approximate surface area is 98.2 Å². The van der Waals surface area contributed by atoms with Crippen molar-refractivity contribution in [3.63, 3.8) is 0 Å². The van der Waals surface area contributed by atoms with Crippen LogP contribution in [0.15, 0.2) is 24.3 Å². The normalized spacial score (nSPS) is 10.2. The van der Waals surface area contributed by atoms with Crippen molar-refractivity contribution < 1.29 is 9.53 Å². The second-order valence-electron chi connectivity index (χ2n) is 3.46. The van der Waals surface area contributed by atoms with E-state index in [0.29, 0.717) is 0 Å². The summed E-state index contributed by atoms with van der Waals surface area (Å²) < 4.78 is 4.78. The molecule has 0 bridgehead atoms. The van der Waals surface area contributed by atoms with Crippen molar-refractivity contribution in [1.82, 2.24) is 20.2 Å². The lowest BCUT2D eigenvalue weighted by Gasteiger charge is -1.98. The molecular formula is C11H12N4O2. The molecule has 6 heteroatoms. The smallest absolute Gasteiger partial charge is 0.380 e. The summed E-state index contributed by atoms with van der Waals surface area (Å²) in [6.07, 6.45) is 0. The van der Waals surface area contributed by atoms with Crippen LogP contribution in [0.4, 0.5) is 0 Å². The fourth-order valence-corrected chi connectivity index (χ4v) is 1.28. The molecule has 0 atom stereocenters. The van der Waals surface area contributed by atoms with Crippen molar-refractivity contribution in [2.45, 2.75) is 13.8 Å². The molecule has 2 rings (SSSR count). The summed E-state index contributed by atoms with van der Waals surface area (Å²) in [4.78, 5) is 12.6. The Hall–Kier alpha value is -2.24. The van der Waals surface area contributed by atoms with Crippen LogP contribution in [-0.2, 0) is 4.74 Å². The van der Waals surface area contributed by atoms with Crippen LogP contribution in [0.25, 0.3) is 5.69 Å². The third kappa shape index (κ3) is 2.47. The Kier molecular flexibility index (Phi) is 3.13. The van der Waals surface area contributed by atoms with E-state index in [1.165, 1.54) is 4.80 Å². The van der Waals surface area contributed by atoms with E-state index in [1.54, 1.807) is 6.92 Å². The van der Waals surface area contributed by atoms with Crippen LogP contribution in [0.5, 0.6) is 0 Å². The van der Waals surface area contributed by atoms with E-state index in [9.17, 15) is 4.79 Å². The number of hydrogen-bond acceptors (Lipinski definition) is 5. The zero-order valence-electron chi connectivity index (χ0n) is 9.62. The SMILES string of the molecule is CCOC(=O)c1nnn(-c2ccc(C)cc2)n1. The number of rotatable bonds is 3. The zero-order chi connectivity index (χ0) is 12.3. The highest BCUT2D eigenvalue weighted by atomic mass is 16.5. The second-order valence-corrected chi connectivity index (χ2v) is 3.46. The molecule has 6 nitrogen and oxygen atoms in total. The summed E-state index contributed by atoms with van der Waals surface area (Å²) in [6.45, 7) is 4.00. The Bertz CT molecular complexity index is 519. The van der Waals surface area contributed by atoms with E-state index in [4.69, 9.17) is 4.74 Å². The van der Waals surface area contributed by atoms with Gasteiger partial charge in [0.2, 0.25) is 0 Å². The van der Waals surface area contributed by atoms with E-state index < -0.39 is 5.97 Å². The van der Waals surface area contributed by atoms with Gasteiger partial charge in [0.1, 0.15) is 0 Å². The van der Waals surface area contributed by atoms with Crippen LogP contribution in [0.2, 0.25) is 0 Å². The third-order valence-corrected chi connectivity index (χ3v) is 2.14. The van der Waals surface area contributed by atoms with Gasteiger partial charge >= 0.3 is 5.97 Å². The maximum absolute atomic E-state index is 11.3. The fourth-order valence-electron chi connectivity index (χ4n) is 1.28. The van der Waals surface area contributed by atoms with Crippen LogP contribution in [0.1, 0.15) is 23.1 Å². The van der Waals surface area contributed by atoms with Gasteiger partial charge in [0, 0.05) is 0 Å². The van der Waals surface area contributed by atoms with Crippen molar-refractivity contribution in [3.05, 3.63) is 35.7 Å². The average molecular weight is 232 g/mol. The number of aromatic nitrogens is 4. The number of hydrogen-bond donors (Lipinski definition) is 0. The van der Waals surface area contributed by atoms with Gasteiger partial charge in [-0.05, 0) is 31.2 Å². The number of nitrogens with zero attached hydrogens (tertiary/aromatic N) is 4. The van der Waals surface area contributed by atoms with Crippen molar-refractivity contribution in [2.75, 3.05) is 6.61 Å². The molecule has 2 aromatic rings. The number of esters is 1. The first-order valence-electron chi connectivity index (χ1n) is 5.25. The van der Waals surface area contributed by atoms with Gasteiger partial charge in [-0.15, -0.1) is 15.0 Å². The van der Waals surface area contributed by atoms with Gasteiger partial charge < -0.3 is 4.74 Å². The lowest BCUT2D eigenvalue weighted by Crippen LogP contribution is -2.07. The van der Waals surface area contributed by atoms with Gasteiger partial charge in [-0.25, -0.2) is 4.79 Å². The van der Waals surface area contributed by atoms with Gasteiger partial charge in [-0.2, -0.15) is 0 Å². The average Bonchev–Trinajstić information content (AvgIpc) is 2.80. The lowest BCUT2D eigenvalue weighted by molar-refractivity contribution is 0.0512. The number of tetrazole rings is 1. The zero-order valence-corrected chi connectivity index (χ0v) is 9.62. The Balaban J connectivity index is 2.23. The second kappa shape index (κ2) is 4.73. The molecule has 88 valence electrons. The molecule has 0 aliphatic heterocycles. The minimum Gasteiger partial charge on any atom is -0.460 e. The molecule has 0 fully saturated rings. The molecule has 0 N–H and O–H groups in total. The van der Waals surface area contributed by atoms with Gasteiger partial charge in [0.15, 0.2) is 0 Å². The minimum atomic E-state index is -0.564. The van der Waals surface area contributed by atoms with Crippen molar-refractivity contribution in [3.8, 4) is 5.69 Å². The largest absolute Gasteiger partial charge is 0.460 e. The Morgan fingerprint density at radius 1 is 1.35 bits per heavy atom. The first-order valence-corrected chi connectivity index (χ1v) is 5.25. The highest BCUT2D eigenvalue weighted by Crippen LogP contribution is 2.06. The number of carbonyl (C=O) groups excluding carboxylic acids is 1.